The van der Waals surface area contributed by atoms with Crippen molar-refractivity contribution in [2.45, 2.75) is 38.0 Å². The van der Waals surface area contributed by atoms with Crippen LogP contribution in [0.5, 0.6) is 0 Å². The molecular formula is C29H22ClF3N6O3. The number of aromatic nitrogens is 4. The Bertz CT molecular complexity index is 1830. The van der Waals surface area contributed by atoms with Gasteiger partial charge in [0.2, 0.25) is 5.91 Å². The third kappa shape index (κ3) is 5.09. The number of halogens is 4. The van der Waals surface area contributed by atoms with Crippen LogP contribution in [-0.2, 0) is 17.5 Å². The SMILES string of the molecule is Cc1noc(-c2c(Cl)c3ccccc3n2-c2ccc(CNC(=O)C3(NC(=O)c4cncc(C(F)(F)F)c4)CC3)cc2)n1. The van der Waals surface area contributed by atoms with E-state index in [1.165, 1.54) is 0 Å². The molecule has 0 atom stereocenters. The lowest BCUT2D eigenvalue weighted by Crippen LogP contribution is -2.48. The van der Waals surface area contributed by atoms with E-state index in [1.807, 2.05) is 53.1 Å². The van der Waals surface area contributed by atoms with Crippen LogP contribution in [0.4, 0.5) is 13.2 Å². The summed E-state index contributed by atoms with van der Waals surface area (Å²) >= 11 is 6.74. The fourth-order valence-corrected chi connectivity index (χ4v) is 5.03. The molecule has 0 saturated heterocycles. The van der Waals surface area contributed by atoms with Crippen LogP contribution in [-0.4, -0.2) is 37.0 Å². The largest absolute Gasteiger partial charge is 0.417 e. The molecule has 0 bridgehead atoms. The Morgan fingerprint density at radius 3 is 2.50 bits per heavy atom. The van der Waals surface area contributed by atoms with Crippen molar-refractivity contribution < 1.29 is 27.3 Å². The molecule has 9 nitrogen and oxygen atoms in total. The number of hydrogen-bond donors (Lipinski definition) is 2. The zero-order chi connectivity index (χ0) is 29.6. The van der Waals surface area contributed by atoms with E-state index in [-0.39, 0.29) is 18.0 Å². The van der Waals surface area contributed by atoms with E-state index in [2.05, 4.69) is 25.8 Å². The second kappa shape index (κ2) is 10.3. The van der Waals surface area contributed by atoms with Crippen molar-refractivity contribution in [1.82, 2.24) is 30.3 Å². The number of carbonyl (C=O) groups excluding carboxylic acids is 2. The molecule has 0 spiro atoms. The van der Waals surface area contributed by atoms with E-state index in [0.717, 1.165) is 28.4 Å². The molecule has 2 N–H and O–H groups in total. The molecular weight excluding hydrogens is 573 g/mol. The lowest BCUT2D eigenvalue weighted by Gasteiger charge is -2.18. The number of aryl methyl sites for hydroxylation is 1. The molecule has 0 radical (unpaired) electrons. The summed E-state index contributed by atoms with van der Waals surface area (Å²) in [6.07, 6.45) is -2.22. The number of benzene rings is 2. The summed E-state index contributed by atoms with van der Waals surface area (Å²) in [6.45, 7) is 1.89. The maximum Gasteiger partial charge on any atom is 0.417 e. The highest BCUT2D eigenvalue weighted by molar-refractivity contribution is 6.38. The van der Waals surface area contributed by atoms with E-state index in [4.69, 9.17) is 16.1 Å². The molecule has 6 rings (SSSR count). The summed E-state index contributed by atoms with van der Waals surface area (Å²) < 4.78 is 46.4. The highest BCUT2D eigenvalue weighted by Crippen LogP contribution is 2.39. The molecule has 3 heterocycles. The zero-order valence-corrected chi connectivity index (χ0v) is 22.8. The first-order valence-corrected chi connectivity index (χ1v) is 13.3. The average molecular weight is 595 g/mol. The van der Waals surface area contributed by atoms with Crippen molar-refractivity contribution in [2.75, 3.05) is 0 Å². The number of pyridine rings is 1. The minimum atomic E-state index is -4.64. The molecule has 5 aromatic rings. The average Bonchev–Trinajstić information content (AvgIpc) is 3.54. The molecule has 214 valence electrons. The van der Waals surface area contributed by atoms with Crippen LogP contribution in [0.15, 0.2) is 71.5 Å². The van der Waals surface area contributed by atoms with Crippen LogP contribution in [0.2, 0.25) is 5.02 Å². The quantitative estimate of drug-likeness (QED) is 0.252. The summed E-state index contributed by atoms with van der Waals surface area (Å²) in [4.78, 5) is 33.5. The normalized spacial score (nSPS) is 14.1. The molecule has 2 aromatic carbocycles. The van der Waals surface area contributed by atoms with Gasteiger partial charge in [-0.05, 0) is 49.6 Å². The van der Waals surface area contributed by atoms with Crippen LogP contribution in [0.3, 0.4) is 0 Å². The number of fused-ring (bicyclic) bond motifs is 1. The minimum Gasteiger partial charge on any atom is -0.350 e. The van der Waals surface area contributed by atoms with Gasteiger partial charge in [0.05, 0.1) is 21.7 Å². The van der Waals surface area contributed by atoms with Gasteiger partial charge in [-0.1, -0.05) is 47.1 Å². The molecule has 1 saturated carbocycles. The lowest BCUT2D eigenvalue weighted by atomic mass is 10.1. The van der Waals surface area contributed by atoms with E-state index in [0.29, 0.717) is 41.6 Å². The van der Waals surface area contributed by atoms with E-state index < -0.39 is 29.1 Å². The van der Waals surface area contributed by atoms with E-state index >= 15 is 0 Å². The van der Waals surface area contributed by atoms with Gasteiger partial charge in [0.1, 0.15) is 11.2 Å². The van der Waals surface area contributed by atoms with Gasteiger partial charge in [-0.25, -0.2) is 0 Å². The van der Waals surface area contributed by atoms with Gasteiger partial charge in [0.15, 0.2) is 5.82 Å². The number of carbonyl (C=O) groups is 2. The van der Waals surface area contributed by atoms with Crippen LogP contribution < -0.4 is 10.6 Å². The van der Waals surface area contributed by atoms with Gasteiger partial charge in [-0.15, -0.1) is 0 Å². The smallest absolute Gasteiger partial charge is 0.350 e. The Hall–Kier alpha value is -4.71. The third-order valence-corrected chi connectivity index (χ3v) is 7.44. The molecule has 0 aliphatic heterocycles. The van der Waals surface area contributed by atoms with Crippen molar-refractivity contribution in [1.29, 1.82) is 0 Å². The summed E-state index contributed by atoms with van der Waals surface area (Å²) in [5, 5.41) is 10.6. The molecule has 1 fully saturated rings. The number of nitrogens with zero attached hydrogens (tertiary/aromatic N) is 4. The predicted octanol–water partition coefficient (Wildman–Crippen LogP) is 5.63. The van der Waals surface area contributed by atoms with Gasteiger partial charge in [-0.2, -0.15) is 18.2 Å². The Labute approximate surface area is 241 Å². The van der Waals surface area contributed by atoms with Crippen LogP contribution in [0.25, 0.3) is 28.2 Å². The summed E-state index contributed by atoms with van der Waals surface area (Å²) in [6, 6.07) is 15.8. The first-order valence-electron chi connectivity index (χ1n) is 12.9. The Kier molecular flexibility index (Phi) is 6.72. The molecule has 1 aliphatic rings. The fraction of sp³-hybridized carbons (Fsp3) is 0.207. The number of hydrogen-bond acceptors (Lipinski definition) is 6. The number of rotatable bonds is 7. The molecule has 1 aliphatic carbocycles. The maximum absolute atomic E-state index is 13.0. The van der Waals surface area contributed by atoms with Crippen molar-refractivity contribution in [2.24, 2.45) is 0 Å². The van der Waals surface area contributed by atoms with Crippen molar-refractivity contribution in [3.63, 3.8) is 0 Å². The lowest BCUT2D eigenvalue weighted by molar-refractivity contribution is -0.137. The van der Waals surface area contributed by atoms with Crippen molar-refractivity contribution in [3.05, 3.63) is 94.5 Å². The van der Waals surface area contributed by atoms with Gasteiger partial charge in [-0.3, -0.25) is 14.6 Å². The van der Waals surface area contributed by atoms with Gasteiger partial charge >= 0.3 is 6.18 Å². The Balaban J connectivity index is 1.17. The van der Waals surface area contributed by atoms with Gasteiger partial charge < -0.3 is 19.7 Å². The molecule has 13 heteroatoms. The van der Waals surface area contributed by atoms with Gasteiger partial charge in [0.25, 0.3) is 11.8 Å². The monoisotopic (exact) mass is 594 g/mol. The van der Waals surface area contributed by atoms with Crippen LogP contribution in [0.1, 0.15) is 40.2 Å². The van der Waals surface area contributed by atoms with E-state index in [1.54, 1.807) is 6.92 Å². The van der Waals surface area contributed by atoms with Crippen LogP contribution >= 0.6 is 11.6 Å². The Morgan fingerprint density at radius 1 is 1.10 bits per heavy atom. The maximum atomic E-state index is 13.0. The highest BCUT2D eigenvalue weighted by Gasteiger charge is 2.51. The summed E-state index contributed by atoms with van der Waals surface area (Å²) in [5.41, 5.74) is 0.477. The first kappa shape index (κ1) is 27.5. The first-order chi connectivity index (χ1) is 20.1. The number of alkyl halides is 3. The van der Waals surface area contributed by atoms with Gasteiger partial charge in [0, 0.05) is 30.0 Å². The van der Waals surface area contributed by atoms with Crippen LogP contribution in [0, 0.1) is 6.92 Å². The summed E-state index contributed by atoms with van der Waals surface area (Å²) in [7, 11) is 0. The second-order valence-electron chi connectivity index (χ2n) is 10.0. The summed E-state index contributed by atoms with van der Waals surface area (Å²) in [5.74, 6) is -0.463. The Morgan fingerprint density at radius 2 is 1.83 bits per heavy atom. The highest BCUT2D eigenvalue weighted by atomic mass is 35.5. The topological polar surface area (TPSA) is 115 Å². The minimum absolute atomic E-state index is 0.171. The zero-order valence-electron chi connectivity index (χ0n) is 22.0. The molecule has 0 unspecified atom stereocenters. The third-order valence-electron chi connectivity index (χ3n) is 7.06. The fourth-order valence-electron chi connectivity index (χ4n) is 4.71. The second-order valence-corrected chi connectivity index (χ2v) is 10.4. The van der Waals surface area contributed by atoms with Crippen molar-refractivity contribution in [3.8, 4) is 17.3 Å². The molecule has 3 aromatic heterocycles. The molecule has 42 heavy (non-hydrogen) atoms. The number of para-hydroxylation sites is 1. The number of nitrogens with one attached hydrogen (secondary N) is 2. The molecule has 2 amide bonds. The standard InChI is InChI=1S/C29H22ClF3N6O3/c1-16-36-26(42-38-16)24-23(30)21-4-2-3-5-22(21)39(24)20-8-6-17(7-9-20)13-35-27(41)28(10-11-28)37-25(40)18-12-19(15-34-14-18)29(31,32)33/h2-9,12,14-15H,10-11,13H2,1H3,(H,35,41)(H,37,40). The number of amides is 2. The van der Waals surface area contributed by atoms with Crippen molar-refractivity contribution >= 4 is 34.3 Å². The predicted molar refractivity (Wildman–Crippen MR) is 147 cm³/mol. The van der Waals surface area contributed by atoms with E-state index in [9.17, 15) is 22.8 Å².